The minimum Gasteiger partial charge on any atom is -0.266 e. The zero-order valence-electron chi connectivity index (χ0n) is 11.3. The number of anilines is 1. The van der Waals surface area contributed by atoms with Crippen molar-refractivity contribution in [3.8, 4) is 0 Å². The number of alkyl halides is 1. The lowest BCUT2D eigenvalue weighted by Crippen LogP contribution is -2.29. The zero-order valence-corrected chi connectivity index (χ0v) is 13.7. The quantitative estimate of drug-likeness (QED) is 0.796. The van der Waals surface area contributed by atoms with Crippen LogP contribution in [-0.4, -0.2) is 15.0 Å². The van der Waals surface area contributed by atoms with Crippen molar-refractivity contribution in [1.29, 1.82) is 0 Å². The molecular weight excluding hydrogens is 333 g/mol. The molecule has 0 aliphatic carbocycles. The molecule has 0 radical (unpaired) electrons. The average molecular weight is 346 g/mol. The molecule has 21 heavy (non-hydrogen) atoms. The van der Waals surface area contributed by atoms with Gasteiger partial charge in [0.15, 0.2) is 0 Å². The van der Waals surface area contributed by atoms with E-state index in [1.807, 2.05) is 0 Å². The van der Waals surface area contributed by atoms with Gasteiger partial charge in [-0.15, -0.1) is 22.9 Å². The lowest BCUT2D eigenvalue weighted by Gasteiger charge is -2.19. The van der Waals surface area contributed by atoms with Crippen LogP contribution in [0.3, 0.4) is 0 Å². The molecule has 2 aromatic rings. The van der Waals surface area contributed by atoms with Crippen molar-refractivity contribution >= 4 is 38.6 Å². The van der Waals surface area contributed by atoms with Gasteiger partial charge >= 0.3 is 0 Å². The van der Waals surface area contributed by atoms with E-state index in [-0.39, 0.29) is 10.8 Å². The predicted octanol–water partition coefficient (Wildman–Crippen LogP) is 3.69. The maximum atomic E-state index is 13.4. The number of thiophene rings is 1. The Kier molecular flexibility index (Phi) is 3.71. The van der Waals surface area contributed by atoms with Crippen LogP contribution in [0.1, 0.15) is 15.3 Å². The molecule has 0 fully saturated rings. The fourth-order valence-corrected chi connectivity index (χ4v) is 5.73. The number of sulfonamides is 1. The largest absolute Gasteiger partial charge is 0.266 e. The number of hydrogen-bond acceptors (Lipinski definition) is 3. The fraction of sp³-hybridized carbons (Fsp3) is 0.286. The van der Waals surface area contributed by atoms with Gasteiger partial charge in [0.25, 0.3) is 10.0 Å². The molecule has 0 saturated heterocycles. The van der Waals surface area contributed by atoms with Crippen molar-refractivity contribution < 1.29 is 12.8 Å². The van der Waals surface area contributed by atoms with Gasteiger partial charge in [0, 0.05) is 16.3 Å². The highest BCUT2D eigenvalue weighted by Crippen LogP contribution is 2.36. The summed E-state index contributed by atoms with van der Waals surface area (Å²) in [5, 5.41) is 0. The van der Waals surface area contributed by atoms with Gasteiger partial charge in [-0.1, -0.05) is 6.07 Å². The van der Waals surface area contributed by atoms with E-state index in [0.717, 1.165) is 10.4 Å². The van der Waals surface area contributed by atoms with Gasteiger partial charge in [0.1, 0.15) is 10.7 Å². The maximum absolute atomic E-state index is 13.4. The molecule has 0 atom stereocenters. The van der Waals surface area contributed by atoms with E-state index in [1.54, 1.807) is 19.1 Å². The highest BCUT2D eigenvalue weighted by Gasteiger charge is 2.33. The maximum Gasteiger partial charge on any atom is 0.265 e. The Morgan fingerprint density at radius 3 is 2.81 bits per heavy atom. The lowest BCUT2D eigenvalue weighted by molar-refractivity contribution is 0.592. The Labute approximate surface area is 132 Å². The van der Waals surface area contributed by atoms with E-state index in [1.165, 1.54) is 27.8 Å². The van der Waals surface area contributed by atoms with Gasteiger partial charge in [0.05, 0.1) is 11.6 Å². The molecule has 0 N–H and O–H groups in total. The number of benzene rings is 1. The van der Waals surface area contributed by atoms with Crippen molar-refractivity contribution in [2.24, 2.45) is 0 Å². The van der Waals surface area contributed by atoms with E-state index < -0.39 is 15.8 Å². The Morgan fingerprint density at radius 2 is 2.14 bits per heavy atom. The highest BCUT2D eigenvalue weighted by molar-refractivity contribution is 7.93. The van der Waals surface area contributed by atoms with Crippen molar-refractivity contribution in [3.05, 3.63) is 45.4 Å². The molecule has 2 heterocycles. The van der Waals surface area contributed by atoms with Gasteiger partial charge in [-0.3, -0.25) is 4.31 Å². The van der Waals surface area contributed by atoms with Crippen LogP contribution in [0.2, 0.25) is 0 Å². The van der Waals surface area contributed by atoms with Crippen molar-refractivity contribution in [3.63, 3.8) is 0 Å². The molecule has 0 saturated carbocycles. The smallest absolute Gasteiger partial charge is 0.265 e. The molecule has 3 nitrogen and oxygen atoms in total. The van der Waals surface area contributed by atoms with Gasteiger partial charge in [-0.05, 0) is 37.1 Å². The van der Waals surface area contributed by atoms with E-state index in [9.17, 15) is 12.8 Å². The van der Waals surface area contributed by atoms with Crippen molar-refractivity contribution in [2.45, 2.75) is 24.1 Å². The first-order valence-corrected chi connectivity index (χ1v) is 9.19. The lowest BCUT2D eigenvalue weighted by atomic mass is 10.2. The van der Waals surface area contributed by atoms with Crippen molar-refractivity contribution in [1.82, 2.24) is 0 Å². The summed E-state index contributed by atoms with van der Waals surface area (Å²) < 4.78 is 40.4. The SMILES string of the molecule is Cc1sc(CCl)cc1S(=O)(=O)N1CCc2ccc(F)cc21. The van der Waals surface area contributed by atoms with Gasteiger partial charge in [-0.25, -0.2) is 12.8 Å². The number of fused-ring (bicyclic) bond motifs is 1. The molecule has 7 heteroatoms. The third-order valence-electron chi connectivity index (χ3n) is 3.52. The molecule has 0 spiro atoms. The summed E-state index contributed by atoms with van der Waals surface area (Å²) in [4.78, 5) is 1.78. The Balaban J connectivity index is 2.09. The number of hydrogen-bond donors (Lipinski definition) is 0. The summed E-state index contributed by atoms with van der Waals surface area (Å²) in [5.41, 5.74) is 1.29. The van der Waals surface area contributed by atoms with Crippen LogP contribution in [0, 0.1) is 12.7 Å². The van der Waals surface area contributed by atoms with Crippen LogP contribution in [-0.2, 0) is 22.3 Å². The van der Waals surface area contributed by atoms with Crippen molar-refractivity contribution in [2.75, 3.05) is 10.8 Å². The number of nitrogens with zero attached hydrogens (tertiary/aromatic N) is 1. The molecule has 112 valence electrons. The van der Waals surface area contributed by atoms with Crippen LogP contribution in [0.5, 0.6) is 0 Å². The van der Waals surface area contributed by atoms with Crippen LogP contribution in [0.4, 0.5) is 10.1 Å². The molecule has 1 aliphatic heterocycles. The normalized spacial score (nSPS) is 14.5. The second kappa shape index (κ2) is 5.26. The minimum absolute atomic E-state index is 0.264. The second-order valence-electron chi connectivity index (χ2n) is 4.87. The van der Waals surface area contributed by atoms with E-state index >= 15 is 0 Å². The summed E-state index contributed by atoms with van der Waals surface area (Å²) in [5.74, 6) is -0.147. The summed E-state index contributed by atoms with van der Waals surface area (Å²) in [6.07, 6.45) is 0.598. The molecular formula is C14H13ClFNO2S2. The van der Waals surface area contributed by atoms with Crippen LogP contribution in [0.25, 0.3) is 0 Å². The number of rotatable bonds is 3. The molecule has 0 unspecified atom stereocenters. The van der Waals surface area contributed by atoms with E-state index in [0.29, 0.717) is 23.5 Å². The van der Waals surface area contributed by atoms with Gasteiger partial charge in [0.2, 0.25) is 0 Å². The topological polar surface area (TPSA) is 37.4 Å². The Bertz CT molecular complexity index is 801. The Hall–Kier alpha value is -1.11. The molecule has 0 bridgehead atoms. The second-order valence-corrected chi connectivity index (χ2v) is 8.31. The van der Waals surface area contributed by atoms with Gasteiger partial charge < -0.3 is 0 Å². The van der Waals surface area contributed by atoms with Crippen LogP contribution >= 0.6 is 22.9 Å². The first-order valence-electron chi connectivity index (χ1n) is 6.40. The summed E-state index contributed by atoms with van der Waals surface area (Å²) in [6.45, 7) is 2.10. The molecule has 1 aliphatic rings. The average Bonchev–Trinajstić information content (AvgIpc) is 3.02. The number of halogens is 2. The summed E-state index contributed by atoms with van der Waals surface area (Å²) in [7, 11) is -3.67. The molecule has 0 amide bonds. The third kappa shape index (κ3) is 2.45. The monoisotopic (exact) mass is 345 g/mol. The van der Waals surface area contributed by atoms with E-state index in [4.69, 9.17) is 11.6 Å². The summed E-state index contributed by atoms with van der Waals surface area (Å²) in [6, 6.07) is 5.89. The standard InChI is InChI=1S/C14H13ClFNO2S2/c1-9-14(7-12(8-15)20-9)21(18,19)17-5-4-10-2-3-11(16)6-13(10)17/h2-3,6-7H,4-5,8H2,1H3. The van der Waals surface area contributed by atoms with Crippen LogP contribution < -0.4 is 4.31 Å². The first kappa shape index (κ1) is 14.8. The third-order valence-corrected chi connectivity index (χ3v) is 7.09. The molecule has 3 rings (SSSR count). The molecule has 1 aromatic carbocycles. The fourth-order valence-electron chi connectivity index (χ4n) is 2.54. The van der Waals surface area contributed by atoms with Crippen LogP contribution in [0.15, 0.2) is 29.2 Å². The number of aryl methyl sites for hydroxylation is 1. The zero-order chi connectivity index (χ0) is 15.2. The van der Waals surface area contributed by atoms with Gasteiger partial charge in [-0.2, -0.15) is 0 Å². The Morgan fingerprint density at radius 1 is 1.38 bits per heavy atom. The molecule has 1 aromatic heterocycles. The predicted molar refractivity (Wildman–Crippen MR) is 83.2 cm³/mol. The summed E-state index contributed by atoms with van der Waals surface area (Å²) >= 11 is 7.15. The first-order chi connectivity index (χ1) is 9.93. The minimum atomic E-state index is -3.67. The van der Waals surface area contributed by atoms with E-state index in [2.05, 4.69) is 0 Å². The highest BCUT2D eigenvalue weighted by atomic mass is 35.5.